The summed E-state index contributed by atoms with van der Waals surface area (Å²) in [5, 5.41) is 7.67. The molecule has 0 aliphatic carbocycles. The van der Waals surface area contributed by atoms with Gasteiger partial charge >= 0.3 is 0 Å². The van der Waals surface area contributed by atoms with Gasteiger partial charge in [-0.3, -0.25) is 4.79 Å². The van der Waals surface area contributed by atoms with E-state index in [1.807, 2.05) is 48.8 Å². The third-order valence-corrected chi connectivity index (χ3v) is 5.64. The number of hydrogen-bond donors (Lipinski definition) is 1. The summed E-state index contributed by atoms with van der Waals surface area (Å²) in [7, 11) is 0. The lowest BCUT2D eigenvalue weighted by Gasteiger charge is -2.07. The minimum atomic E-state index is -0.353. The molecule has 0 atom stereocenters. The van der Waals surface area contributed by atoms with Gasteiger partial charge in [-0.15, -0.1) is 11.3 Å². The zero-order chi connectivity index (χ0) is 21.4. The number of nitrogens with zero attached hydrogens (tertiary/aromatic N) is 5. The van der Waals surface area contributed by atoms with Crippen molar-refractivity contribution in [2.75, 3.05) is 5.32 Å². The monoisotopic (exact) mass is 446 g/mol. The van der Waals surface area contributed by atoms with Gasteiger partial charge in [0.25, 0.3) is 5.91 Å². The highest BCUT2D eigenvalue weighted by atomic mass is 35.5. The van der Waals surface area contributed by atoms with Crippen molar-refractivity contribution in [3.63, 3.8) is 0 Å². The number of aromatic nitrogens is 5. The number of carbonyl (C=O) groups is 1. The molecule has 0 fully saturated rings. The molecule has 0 aliphatic heterocycles. The first-order valence-corrected chi connectivity index (χ1v) is 10.6. The van der Waals surface area contributed by atoms with Gasteiger partial charge in [0.1, 0.15) is 5.15 Å². The number of rotatable bonds is 4. The summed E-state index contributed by atoms with van der Waals surface area (Å²) in [4.78, 5) is 25.8. The molecule has 4 aromatic heterocycles. The fourth-order valence-corrected chi connectivity index (χ4v) is 4.10. The summed E-state index contributed by atoms with van der Waals surface area (Å²) in [5.74, 6) is 0.277. The third kappa shape index (κ3) is 3.90. The van der Waals surface area contributed by atoms with Crippen LogP contribution in [-0.4, -0.2) is 30.6 Å². The molecule has 0 spiro atoms. The number of carbonyl (C=O) groups excluding carboxylic acids is 1. The summed E-state index contributed by atoms with van der Waals surface area (Å²) >= 11 is 7.48. The Hall–Kier alpha value is -3.62. The molecular weight excluding hydrogens is 432 g/mol. The molecule has 0 radical (unpaired) electrons. The zero-order valence-corrected chi connectivity index (χ0v) is 17.9. The van der Waals surface area contributed by atoms with E-state index in [-0.39, 0.29) is 11.6 Å². The molecule has 9 heteroatoms. The van der Waals surface area contributed by atoms with Crippen molar-refractivity contribution >= 4 is 44.7 Å². The van der Waals surface area contributed by atoms with E-state index in [0.717, 1.165) is 27.2 Å². The zero-order valence-electron chi connectivity index (χ0n) is 16.3. The first-order chi connectivity index (χ1) is 15.1. The van der Waals surface area contributed by atoms with Crippen LogP contribution in [0, 0.1) is 6.92 Å². The molecule has 31 heavy (non-hydrogen) atoms. The molecule has 7 nitrogen and oxygen atoms in total. The van der Waals surface area contributed by atoms with Gasteiger partial charge in [-0.1, -0.05) is 23.7 Å². The molecule has 5 aromatic rings. The Balaban J connectivity index is 1.60. The highest BCUT2D eigenvalue weighted by Crippen LogP contribution is 2.29. The van der Waals surface area contributed by atoms with Crippen molar-refractivity contribution in [2.45, 2.75) is 6.92 Å². The van der Waals surface area contributed by atoms with Gasteiger partial charge in [0.2, 0.25) is 0 Å². The molecule has 0 aliphatic rings. The maximum Gasteiger partial charge on any atom is 0.276 e. The smallest absolute Gasteiger partial charge is 0.276 e. The Morgan fingerprint density at radius 3 is 2.84 bits per heavy atom. The van der Waals surface area contributed by atoms with Gasteiger partial charge < -0.3 is 5.32 Å². The van der Waals surface area contributed by atoms with Crippen molar-refractivity contribution in [3.05, 3.63) is 82.8 Å². The molecule has 1 N–H and O–H groups in total. The van der Waals surface area contributed by atoms with Crippen molar-refractivity contribution < 1.29 is 4.79 Å². The number of thiazole rings is 1. The van der Waals surface area contributed by atoms with E-state index < -0.39 is 0 Å². The third-order valence-electron chi connectivity index (χ3n) is 4.64. The fraction of sp³-hybridized carbons (Fsp3) is 0.0455. The first kappa shape index (κ1) is 19.3. The number of aryl methyl sites for hydroxylation is 1. The molecule has 0 saturated heterocycles. The van der Waals surface area contributed by atoms with Crippen LogP contribution in [0.5, 0.6) is 0 Å². The number of benzene rings is 1. The number of fused-ring (bicyclic) bond motifs is 1. The minimum Gasteiger partial charge on any atom is -0.320 e. The SMILES string of the molecule is Cc1cccc(-n2nc(C(=O)Nc3ccnc(Cl)c3)cc2-c2ccc3ncsc3c2)n1. The molecular formula is C22H15ClN6OS. The number of anilines is 1. The summed E-state index contributed by atoms with van der Waals surface area (Å²) in [6.07, 6.45) is 1.53. The Bertz CT molecular complexity index is 1430. The van der Waals surface area contributed by atoms with Crippen LogP contribution in [0.1, 0.15) is 16.2 Å². The van der Waals surface area contributed by atoms with Crippen molar-refractivity contribution in [3.8, 4) is 17.1 Å². The van der Waals surface area contributed by atoms with Gasteiger partial charge in [-0.05, 0) is 49.4 Å². The average Bonchev–Trinajstić information content (AvgIpc) is 3.40. The lowest BCUT2D eigenvalue weighted by Crippen LogP contribution is -2.13. The number of nitrogens with one attached hydrogen (secondary N) is 1. The largest absolute Gasteiger partial charge is 0.320 e. The Morgan fingerprint density at radius 1 is 1.10 bits per heavy atom. The van der Waals surface area contributed by atoms with E-state index in [9.17, 15) is 4.79 Å². The van der Waals surface area contributed by atoms with E-state index in [1.165, 1.54) is 6.20 Å². The molecule has 0 unspecified atom stereocenters. The maximum atomic E-state index is 12.9. The van der Waals surface area contributed by atoms with E-state index in [2.05, 4.69) is 25.4 Å². The molecule has 1 amide bonds. The molecule has 1 aromatic carbocycles. The average molecular weight is 447 g/mol. The lowest BCUT2D eigenvalue weighted by molar-refractivity contribution is 0.102. The normalized spacial score (nSPS) is 11.0. The molecule has 5 rings (SSSR count). The van der Waals surface area contributed by atoms with E-state index in [4.69, 9.17) is 11.6 Å². The van der Waals surface area contributed by atoms with Crippen LogP contribution in [0.4, 0.5) is 5.69 Å². The predicted molar refractivity (Wildman–Crippen MR) is 122 cm³/mol. The van der Waals surface area contributed by atoms with Crippen LogP contribution in [0.2, 0.25) is 5.15 Å². The van der Waals surface area contributed by atoms with Crippen LogP contribution in [0.15, 0.2) is 66.3 Å². The topological polar surface area (TPSA) is 85.6 Å². The standard InChI is InChI=1S/C22H15ClN6OS/c1-13-3-2-4-21(26-13)29-18(14-5-6-16-19(9-14)31-12-25-16)11-17(28-29)22(30)27-15-7-8-24-20(23)10-15/h2-12H,1H3,(H,24,27,30). The molecule has 152 valence electrons. The van der Waals surface area contributed by atoms with Gasteiger partial charge in [-0.2, -0.15) is 5.10 Å². The number of halogens is 1. The van der Waals surface area contributed by atoms with E-state index in [0.29, 0.717) is 16.7 Å². The second-order valence-corrected chi connectivity index (χ2v) is 8.09. The summed E-state index contributed by atoms with van der Waals surface area (Å²) in [6.45, 7) is 1.91. The van der Waals surface area contributed by atoms with Crippen LogP contribution >= 0.6 is 22.9 Å². The maximum absolute atomic E-state index is 12.9. The first-order valence-electron chi connectivity index (χ1n) is 9.37. The highest BCUT2D eigenvalue weighted by molar-refractivity contribution is 7.16. The molecule has 0 saturated carbocycles. The van der Waals surface area contributed by atoms with Crippen molar-refractivity contribution in [2.24, 2.45) is 0 Å². The van der Waals surface area contributed by atoms with Crippen molar-refractivity contribution in [1.82, 2.24) is 24.7 Å². The van der Waals surface area contributed by atoms with Gasteiger partial charge in [0.15, 0.2) is 11.5 Å². The van der Waals surface area contributed by atoms with E-state index in [1.54, 1.807) is 34.2 Å². The number of hydrogen-bond acceptors (Lipinski definition) is 6. The minimum absolute atomic E-state index is 0.260. The summed E-state index contributed by atoms with van der Waals surface area (Å²) in [6, 6.07) is 16.7. The van der Waals surface area contributed by atoms with Crippen LogP contribution in [0.3, 0.4) is 0 Å². The van der Waals surface area contributed by atoms with Crippen molar-refractivity contribution in [1.29, 1.82) is 0 Å². The van der Waals surface area contributed by atoms with Crippen LogP contribution < -0.4 is 5.32 Å². The second-order valence-electron chi connectivity index (χ2n) is 6.82. The van der Waals surface area contributed by atoms with Crippen LogP contribution in [-0.2, 0) is 0 Å². The number of amides is 1. The quantitative estimate of drug-likeness (QED) is 0.386. The Morgan fingerprint density at radius 2 is 2.00 bits per heavy atom. The summed E-state index contributed by atoms with van der Waals surface area (Å²) < 4.78 is 2.74. The molecule has 4 heterocycles. The number of pyridine rings is 2. The lowest BCUT2D eigenvalue weighted by atomic mass is 10.1. The highest BCUT2D eigenvalue weighted by Gasteiger charge is 2.18. The molecule has 0 bridgehead atoms. The second kappa shape index (κ2) is 7.90. The fourth-order valence-electron chi connectivity index (χ4n) is 3.21. The van der Waals surface area contributed by atoms with Gasteiger partial charge in [0, 0.05) is 23.1 Å². The predicted octanol–water partition coefficient (Wildman–Crippen LogP) is 5.15. The summed E-state index contributed by atoms with van der Waals surface area (Å²) in [5.41, 5.74) is 6.07. The van der Waals surface area contributed by atoms with E-state index >= 15 is 0 Å². The Kier molecular flexibility index (Phi) is 4.93. The van der Waals surface area contributed by atoms with Gasteiger partial charge in [0.05, 0.1) is 21.4 Å². The Labute approximate surface area is 186 Å². The van der Waals surface area contributed by atoms with Crippen LogP contribution in [0.25, 0.3) is 27.3 Å². The van der Waals surface area contributed by atoms with Gasteiger partial charge in [-0.25, -0.2) is 19.6 Å².